The summed E-state index contributed by atoms with van der Waals surface area (Å²) in [6.07, 6.45) is 4.31. The van der Waals surface area contributed by atoms with Crippen LogP contribution in [-0.4, -0.2) is 15.7 Å². The molecule has 3 rings (SSSR count). The molecule has 2 aromatic rings. The van der Waals surface area contributed by atoms with Crippen molar-refractivity contribution < 1.29 is 0 Å². The Kier molecular flexibility index (Phi) is 5.53. The van der Waals surface area contributed by atoms with Crippen molar-refractivity contribution >= 4 is 28.7 Å². The summed E-state index contributed by atoms with van der Waals surface area (Å²) in [5.74, 6) is 0.875. The maximum Gasteiger partial charge on any atom is 0.134 e. The number of hydrogen-bond acceptors (Lipinski definition) is 6. The number of aryl methyl sites for hydroxylation is 1. The standard InChI is InChI=1S/C19H18N4S2/c1-3-24-18-14(9-20)8-15(12(2)22-18)17-11-25-19(23-17)16(10-21)13-6-4-5-7-13/h8,11H,3-7H2,1-2H3. The predicted molar refractivity (Wildman–Crippen MR) is 102 cm³/mol. The van der Waals surface area contributed by atoms with Crippen LogP contribution in [-0.2, 0) is 0 Å². The van der Waals surface area contributed by atoms with Gasteiger partial charge in [0, 0.05) is 16.6 Å². The average molecular weight is 367 g/mol. The fraction of sp³-hybridized carbons (Fsp3) is 0.368. The van der Waals surface area contributed by atoms with Gasteiger partial charge in [0.1, 0.15) is 22.2 Å². The van der Waals surface area contributed by atoms with Gasteiger partial charge in [-0.25, -0.2) is 9.97 Å². The molecule has 0 unspecified atom stereocenters. The summed E-state index contributed by atoms with van der Waals surface area (Å²) < 4.78 is 0. The van der Waals surface area contributed by atoms with Crippen LogP contribution in [0.3, 0.4) is 0 Å². The summed E-state index contributed by atoms with van der Waals surface area (Å²) in [4.78, 5) is 9.28. The lowest BCUT2D eigenvalue weighted by atomic mass is 10.1. The molecule has 0 N–H and O–H groups in total. The Morgan fingerprint density at radius 3 is 2.68 bits per heavy atom. The van der Waals surface area contributed by atoms with Gasteiger partial charge >= 0.3 is 0 Å². The summed E-state index contributed by atoms with van der Waals surface area (Å²) in [6, 6.07) is 6.45. The summed E-state index contributed by atoms with van der Waals surface area (Å²) >= 11 is 3.07. The van der Waals surface area contributed by atoms with Gasteiger partial charge in [-0.3, -0.25) is 0 Å². The van der Waals surface area contributed by atoms with E-state index < -0.39 is 0 Å². The zero-order valence-electron chi connectivity index (χ0n) is 14.3. The molecular weight excluding hydrogens is 348 g/mol. The van der Waals surface area contributed by atoms with E-state index in [9.17, 15) is 10.5 Å². The smallest absolute Gasteiger partial charge is 0.134 e. The summed E-state index contributed by atoms with van der Waals surface area (Å²) in [7, 11) is 0. The second-order valence-electron chi connectivity index (χ2n) is 5.85. The monoisotopic (exact) mass is 366 g/mol. The summed E-state index contributed by atoms with van der Waals surface area (Å²) in [6.45, 7) is 3.99. The van der Waals surface area contributed by atoms with Crippen molar-refractivity contribution in [3.63, 3.8) is 0 Å². The molecule has 0 atom stereocenters. The van der Waals surface area contributed by atoms with Gasteiger partial charge in [-0.05, 0) is 50.0 Å². The zero-order valence-corrected chi connectivity index (χ0v) is 15.9. The Balaban J connectivity index is 2.02. The number of rotatable bonds is 4. The molecule has 1 aliphatic rings. The van der Waals surface area contributed by atoms with Gasteiger partial charge in [-0.2, -0.15) is 10.5 Å². The molecule has 0 spiro atoms. The first-order valence-corrected chi connectivity index (χ1v) is 10.2. The van der Waals surface area contributed by atoms with Crippen molar-refractivity contribution in [3.05, 3.63) is 33.3 Å². The molecule has 0 radical (unpaired) electrons. The number of nitriles is 2. The van der Waals surface area contributed by atoms with Crippen LogP contribution in [0.5, 0.6) is 0 Å². The van der Waals surface area contributed by atoms with Crippen molar-refractivity contribution in [2.75, 3.05) is 5.75 Å². The molecule has 6 heteroatoms. The first-order chi connectivity index (χ1) is 12.2. The van der Waals surface area contributed by atoms with Gasteiger partial charge in [0.05, 0.1) is 16.8 Å². The minimum Gasteiger partial charge on any atom is -0.245 e. The molecule has 4 nitrogen and oxygen atoms in total. The van der Waals surface area contributed by atoms with E-state index in [4.69, 9.17) is 4.98 Å². The SMILES string of the molecule is CCSc1nc(C)c(-c2csc(C(C#N)=C3CCCC3)n2)cc1C#N. The third kappa shape index (κ3) is 3.61. The zero-order chi connectivity index (χ0) is 17.8. The highest BCUT2D eigenvalue weighted by Crippen LogP contribution is 2.35. The number of nitrogens with zero attached hydrogens (tertiary/aromatic N) is 4. The van der Waals surface area contributed by atoms with E-state index in [1.54, 1.807) is 11.8 Å². The minimum absolute atomic E-state index is 0.580. The van der Waals surface area contributed by atoms with Crippen LogP contribution >= 0.6 is 23.1 Å². The third-order valence-corrected chi connectivity index (χ3v) is 5.98. The molecule has 2 heterocycles. The molecule has 0 aromatic carbocycles. The van der Waals surface area contributed by atoms with Crippen LogP contribution in [0, 0.1) is 29.6 Å². The van der Waals surface area contributed by atoms with E-state index in [1.165, 1.54) is 16.9 Å². The first-order valence-electron chi connectivity index (χ1n) is 8.30. The van der Waals surface area contributed by atoms with Crippen molar-refractivity contribution in [3.8, 4) is 23.4 Å². The van der Waals surface area contributed by atoms with Gasteiger partial charge in [0.25, 0.3) is 0 Å². The molecule has 1 aliphatic carbocycles. The maximum atomic E-state index is 9.55. The molecule has 0 aliphatic heterocycles. The van der Waals surface area contributed by atoms with E-state index >= 15 is 0 Å². The Morgan fingerprint density at radius 1 is 1.28 bits per heavy atom. The number of thioether (sulfide) groups is 1. The largest absolute Gasteiger partial charge is 0.245 e. The molecule has 1 saturated carbocycles. The molecule has 126 valence electrons. The lowest BCUT2D eigenvalue weighted by molar-refractivity contribution is 0.886. The van der Waals surface area contributed by atoms with Gasteiger partial charge in [0.2, 0.25) is 0 Å². The molecule has 0 bridgehead atoms. The number of allylic oxidation sites excluding steroid dienone is 2. The van der Waals surface area contributed by atoms with E-state index in [-0.39, 0.29) is 0 Å². The van der Waals surface area contributed by atoms with Gasteiger partial charge < -0.3 is 0 Å². The lowest BCUT2D eigenvalue weighted by Gasteiger charge is -2.07. The quantitative estimate of drug-likeness (QED) is 0.539. The number of pyridine rings is 1. The van der Waals surface area contributed by atoms with Crippen LogP contribution in [0.2, 0.25) is 0 Å². The van der Waals surface area contributed by atoms with E-state index in [0.29, 0.717) is 5.56 Å². The van der Waals surface area contributed by atoms with Gasteiger partial charge in [-0.15, -0.1) is 23.1 Å². The van der Waals surface area contributed by atoms with Crippen LogP contribution in [0.15, 0.2) is 22.0 Å². The Bertz CT molecular complexity index is 904. The summed E-state index contributed by atoms with van der Waals surface area (Å²) in [5, 5.41) is 22.5. The molecule has 25 heavy (non-hydrogen) atoms. The van der Waals surface area contributed by atoms with Crippen molar-refractivity contribution in [1.29, 1.82) is 10.5 Å². The lowest BCUT2D eigenvalue weighted by Crippen LogP contribution is -1.95. The highest BCUT2D eigenvalue weighted by molar-refractivity contribution is 7.99. The first kappa shape index (κ1) is 17.7. The highest BCUT2D eigenvalue weighted by Gasteiger charge is 2.18. The Hall–Kier alpha value is -2.15. The third-order valence-electron chi connectivity index (χ3n) is 4.25. The van der Waals surface area contributed by atoms with Crippen molar-refractivity contribution in [2.24, 2.45) is 0 Å². The van der Waals surface area contributed by atoms with E-state index in [2.05, 4.69) is 17.1 Å². The van der Waals surface area contributed by atoms with Gasteiger partial charge in [0.15, 0.2) is 0 Å². The fourth-order valence-electron chi connectivity index (χ4n) is 3.01. The van der Waals surface area contributed by atoms with Crippen LogP contribution < -0.4 is 0 Å². The number of hydrogen-bond donors (Lipinski definition) is 0. The molecular formula is C19H18N4S2. The molecule has 1 fully saturated rings. The second-order valence-corrected chi connectivity index (χ2v) is 7.97. The topological polar surface area (TPSA) is 73.4 Å². The minimum atomic E-state index is 0.580. The van der Waals surface area contributed by atoms with E-state index in [1.807, 2.05) is 25.3 Å². The normalized spacial score (nSPS) is 13.5. The van der Waals surface area contributed by atoms with Crippen LogP contribution in [0.25, 0.3) is 16.8 Å². The Morgan fingerprint density at radius 2 is 2.04 bits per heavy atom. The van der Waals surface area contributed by atoms with Gasteiger partial charge in [-0.1, -0.05) is 6.92 Å². The predicted octanol–water partition coefficient (Wildman–Crippen LogP) is 5.35. The fourth-order valence-corrected chi connectivity index (χ4v) is 4.61. The number of thiazole rings is 1. The maximum absolute atomic E-state index is 9.55. The molecule has 0 saturated heterocycles. The average Bonchev–Trinajstić information content (AvgIpc) is 3.29. The van der Waals surface area contributed by atoms with Crippen molar-refractivity contribution in [2.45, 2.75) is 44.6 Å². The highest BCUT2D eigenvalue weighted by atomic mass is 32.2. The van der Waals surface area contributed by atoms with E-state index in [0.717, 1.165) is 64.0 Å². The van der Waals surface area contributed by atoms with Crippen molar-refractivity contribution in [1.82, 2.24) is 9.97 Å². The van der Waals surface area contributed by atoms with Crippen LogP contribution in [0.1, 0.15) is 48.9 Å². The summed E-state index contributed by atoms with van der Waals surface area (Å²) in [5.41, 5.74) is 5.06. The second kappa shape index (κ2) is 7.82. The molecule has 2 aromatic heterocycles. The Labute approximate surface area is 156 Å². The molecule has 0 amide bonds. The number of aromatic nitrogens is 2. The van der Waals surface area contributed by atoms with Crippen LogP contribution in [0.4, 0.5) is 0 Å².